The van der Waals surface area contributed by atoms with Gasteiger partial charge in [0, 0.05) is 13.1 Å². The maximum atomic E-state index is 13.5. The van der Waals surface area contributed by atoms with E-state index in [-0.39, 0.29) is 5.91 Å². The van der Waals surface area contributed by atoms with E-state index in [0.717, 1.165) is 36.9 Å². The fourth-order valence-corrected chi connectivity index (χ4v) is 6.24. The average Bonchev–Trinajstić information content (AvgIpc) is 3.69. The highest BCUT2D eigenvalue weighted by atomic mass is 32.1. The van der Waals surface area contributed by atoms with E-state index >= 15 is 0 Å². The molecule has 0 radical (unpaired) electrons. The van der Waals surface area contributed by atoms with Crippen LogP contribution in [0.4, 0.5) is 0 Å². The molecule has 0 saturated carbocycles. The van der Waals surface area contributed by atoms with Crippen molar-refractivity contribution in [2.45, 2.75) is 37.8 Å². The van der Waals surface area contributed by atoms with Crippen molar-refractivity contribution in [3.8, 4) is 0 Å². The van der Waals surface area contributed by atoms with E-state index in [1.165, 1.54) is 23.7 Å². The number of aromatic amines is 2. The van der Waals surface area contributed by atoms with Crippen molar-refractivity contribution >= 4 is 58.4 Å². The zero-order valence-electron chi connectivity index (χ0n) is 24.7. The number of amides is 1. The number of hydrogen-bond donors (Lipinski definition) is 3. The molecule has 6 aromatic rings. The van der Waals surface area contributed by atoms with Crippen LogP contribution in [0.25, 0.3) is 22.1 Å². The molecule has 46 heavy (non-hydrogen) atoms. The molecule has 0 aliphatic carbocycles. The van der Waals surface area contributed by atoms with E-state index in [2.05, 4.69) is 30.4 Å². The number of rotatable bonds is 6. The average molecular weight is 654 g/mol. The number of hydrogen-bond acceptors (Lipinski definition) is 8. The van der Waals surface area contributed by atoms with Crippen molar-refractivity contribution < 1.29 is 14.7 Å². The second-order valence-corrected chi connectivity index (χ2v) is 11.7. The molecule has 7 rings (SSSR count). The van der Waals surface area contributed by atoms with Crippen molar-refractivity contribution in [3.05, 3.63) is 106 Å². The minimum atomic E-state index is -0.989. The van der Waals surface area contributed by atoms with Gasteiger partial charge in [-0.25, -0.2) is 14.8 Å². The number of carbonyl (C=O) groups excluding carboxylic acids is 1. The summed E-state index contributed by atoms with van der Waals surface area (Å²) < 4.78 is 4.22. The number of nitrogens with one attached hydrogen (secondary N) is 2. The smallest absolute Gasteiger partial charge is 0.331 e. The molecule has 1 amide bonds. The molecule has 5 heterocycles. The van der Waals surface area contributed by atoms with Crippen LogP contribution in [0.2, 0.25) is 0 Å². The largest absolute Gasteiger partial charge is 0.479 e. The van der Waals surface area contributed by atoms with Crippen LogP contribution in [-0.4, -0.2) is 74.5 Å². The molecule has 3 N–H and O–H groups in total. The number of H-pyrrole nitrogens is 2. The Morgan fingerprint density at radius 2 is 1.15 bits per heavy atom. The minimum Gasteiger partial charge on any atom is -0.479 e. The summed E-state index contributed by atoms with van der Waals surface area (Å²) >= 11 is 11.0. The van der Waals surface area contributed by atoms with Gasteiger partial charge in [-0.3, -0.25) is 15.0 Å². The van der Waals surface area contributed by atoms with E-state index in [9.17, 15) is 14.7 Å². The number of benzene rings is 2. The van der Waals surface area contributed by atoms with Crippen LogP contribution in [0.1, 0.15) is 48.9 Å². The Morgan fingerprint density at radius 3 is 1.63 bits per heavy atom. The summed E-state index contributed by atoms with van der Waals surface area (Å²) in [6.07, 6.45) is 10.8. The van der Waals surface area contributed by atoms with Crippen molar-refractivity contribution in [3.63, 3.8) is 0 Å². The highest BCUT2D eigenvalue weighted by Gasteiger charge is 2.29. The Labute approximate surface area is 273 Å². The number of carboxylic acids is 1. The van der Waals surface area contributed by atoms with Crippen LogP contribution in [0, 0.1) is 9.28 Å². The standard InChI is InChI=1S/C19H21N5OS.C13H10N4O2S/c25-18(23-10-6-1-2-7-11-23)16(14-8-4-3-5-9-14)24-13-20-17-15(19(24)26)12-21-22-17;18-13(19)10(8-4-2-1-3-5-8)17-7-14-11-9(12(17)20)6-15-16-11/h3-5,8-9,12-13,16H,1-2,6-7,10-11H2,(H,21,22);1-7,10H,(H,15,16)(H,18,19). The molecule has 12 nitrogen and oxygen atoms in total. The van der Waals surface area contributed by atoms with Gasteiger partial charge in [-0.05, 0) is 24.0 Å². The molecular formula is C32H31N9O3S2. The highest BCUT2D eigenvalue weighted by Crippen LogP contribution is 2.25. The SMILES string of the molecule is O=C(C(c1ccccc1)n1cnc2[nH]ncc2c1=S)N1CCCCCC1.O=C(O)C(c1ccccc1)n1cnc2[nH]ncc2c1=S. The zero-order valence-corrected chi connectivity index (χ0v) is 26.3. The Balaban J connectivity index is 0.000000167. The van der Waals surface area contributed by atoms with Gasteiger partial charge < -0.3 is 19.1 Å². The lowest BCUT2D eigenvalue weighted by Crippen LogP contribution is -2.38. The fourth-order valence-electron chi connectivity index (χ4n) is 5.64. The first-order valence-corrected chi connectivity index (χ1v) is 15.7. The highest BCUT2D eigenvalue weighted by molar-refractivity contribution is 7.71. The van der Waals surface area contributed by atoms with Crippen LogP contribution in [0.5, 0.6) is 0 Å². The Kier molecular flexibility index (Phi) is 9.36. The second-order valence-electron chi connectivity index (χ2n) is 10.9. The van der Waals surface area contributed by atoms with Gasteiger partial charge in [0.15, 0.2) is 17.3 Å². The predicted molar refractivity (Wildman–Crippen MR) is 177 cm³/mol. The van der Waals surface area contributed by atoms with Crippen LogP contribution in [-0.2, 0) is 9.59 Å². The molecule has 4 aromatic heterocycles. The van der Waals surface area contributed by atoms with Gasteiger partial charge in [0.2, 0.25) is 5.91 Å². The molecule has 14 heteroatoms. The number of likely N-dealkylation sites (tertiary alicyclic amines) is 1. The van der Waals surface area contributed by atoms with Gasteiger partial charge in [-0.1, -0.05) is 97.9 Å². The number of aliphatic carboxylic acids is 1. The van der Waals surface area contributed by atoms with Crippen molar-refractivity contribution in [2.75, 3.05) is 13.1 Å². The minimum absolute atomic E-state index is 0.0823. The third-order valence-corrected chi connectivity index (χ3v) is 8.82. The molecule has 2 atom stereocenters. The molecule has 234 valence electrons. The van der Waals surface area contributed by atoms with Gasteiger partial charge in [0.1, 0.15) is 15.3 Å². The van der Waals surface area contributed by atoms with Crippen LogP contribution in [0.3, 0.4) is 0 Å². The van der Waals surface area contributed by atoms with E-state index in [1.807, 2.05) is 41.3 Å². The fraction of sp³-hybridized carbons (Fsp3) is 0.250. The van der Waals surface area contributed by atoms with Gasteiger partial charge in [-0.2, -0.15) is 10.2 Å². The number of aromatic nitrogens is 8. The second kappa shape index (κ2) is 13.9. The monoisotopic (exact) mass is 653 g/mol. The zero-order chi connectivity index (χ0) is 32.0. The van der Waals surface area contributed by atoms with Crippen LogP contribution >= 0.6 is 24.4 Å². The molecular weight excluding hydrogens is 623 g/mol. The molecule has 1 aliphatic rings. The van der Waals surface area contributed by atoms with E-state index in [4.69, 9.17) is 24.4 Å². The maximum Gasteiger partial charge on any atom is 0.331 e. The lowest BCUT2D eigenvalue weighted by molar-refractivity contribution is -0.139. The third-order valence-electron chi connectivity index (χ3n) is 7.96. The number of nitrogens with zero attached hydrogens (tertiary/aromatic N) is 7. The number of fused-ring (bicyclic) bond motifs is 2. The predicted octanol–water partition coefficient (Wildman–Crippen LogP) is 5.64. The van der Waals surface area contributed by atoms with Crippen molar-refractivity contribution in [1.29, 1.82) is 0 Å². The third kappa shape index (κ3) is 6.34. The lowest BCUT2D eigenvalue weighted by Gasteiger charge is -2.28. The van der Waals surface area contributed by atoms with Gasteiger partial charge in [-0.15, -0.1) is 0 Å². The first kappa shape index (κ1) is 30.9. The normalized spacial score (nSPS) is 14.7. The van der Waals surface area contributed by atoms with Gasteiger partial charge in [0.05, 0.1) is 35.8 Å². The van der Waals surface area contributed by atoms with Gasteiger partial charge in [0.25, 0.3) is 0 Å². The first-order valence-electron chi connectivity index (χ1n) is 14.9. The van der Waals surface area contributed by atoms with Crippen LogP contribution < -0.4 is 0 Å². The maximum absolute atomic E-state index is 13.5. The summed E-state index contributed by atoms with van der Waals surface area (Å²) in [5, 5.41) is 24.3. The summed E-state index contributed by atoms with van der Waals surface area (Å²) in [7, 11) is 0. The number of carboxylic acid groups (broad SMARTS) is 1. The van der Waals surface area contributed by atoms with E-state index < -0.39 is 18.1 Å². The summed E-state index contributed by atoms with van der Waals surface area (Å²) in [6, 6.07) is 17.3. The summed E-state index contributed by atoms with van der Waals surface area (Å²) in [5.74, 6) is -0.907. The molecule has 1 fully saturated rings. The molecule has 0 spiro atoms. The molecule has 1 saturated heterocycles. The number of carbonyl (C=O) groups is 2. The van der Waals surface area contributed by atoms with Crippen LogP contribution in [0.15, 0.2) is 85.7 Å². The summed E-state index contributed by atoms with van der Waals surface area (Å²) in [5.41, 5.74) is 2.74. The molecule has 2 unspecified atom stereocenters. The van der Waals surface area contributed by atoms with Crippen molar-refractivity contribution in [1.82, 2.24) is 44.4 Å². The van der Waals surface area contributed by atoms with Crippen molar-refractivity contribution in [2.24, 2.45) is 0 Å². The Morgan fingerprint density at radius 1 is 0.696 bits per heavy atom. The van der Waals surface area contributed by atoms with E-state index in [1.54, 1.807) is 47.6 Å². The molecule has 2 aromatic carbocycles. The topological polar surface area (TPSA) is 151 Å². The summed E-state index contributed by atoms with van der Waals surface area (Å²) in [4.78, 5) is 35.6. The lowest BCUT2D eigenvalue weighted by atomic mass is 10.0. The first-order chi connectivity index (χ1) is 22.4. The quantitative estimate of drug-likeness (QED) is 0.194. The summed E-state index contributed by atoms with van der Waals surface area (Å²) in [6.45, 7) is 1.60. The van der Waals surface area contributed by atoms with E-state index in [0.29, 0.717) is 31.5 Å². The molecule has 0 bridgehead atoms. The van der Waals surface area contributed by atoms with Gasteiger partial charge >= 0.3 is 5.97 Å². The Bertz CT molecular complexity index is 2080. The molecule has 1 aliphatic heterocycles. The Hall–Kier alpha value is -5.08.